The van der Waals surface area contributed by atoms with E-state index in [4.69, 9.17) is 0 Å². The van der Waals surface area contributed by atoms with Crippen LogP contribution in [0.5, 0.6) is 0 Å². The first-order valence-corrected chi connectivity index (χ1v) is 5.58. The lowest BCUT2D eigenvalue weighted by atomic mass is 10.0. The fourth-order valence-corrected chi connectivity index (χ4v) is 1.55. The number of rotatable bonds is 5. The van der Waals surface area contributed by atoms with Crippen LogP contribution in [0, 0.1) is 0 Å². The van der Waals surface area contributed by atoms with Crippen LogP contribution >= 0.6 is 0 Å². The molecule has 0 N–H and O–H groups in total. The van der Waals surface area contributed by atoms with Crippen molar-refractivity contribution >= 4 is 5.97 Å². The van der Waals surface area contributed by atoms with E-state index in [9.17, 15) is 9.18 Å². The zero-order valence-corrected chi connectivity index (χ0v) is 9.70. The maximum Gasteiger partial charge on any atom is 0.345 e. The molecule has 0 spiro atoms. The van der Waals surface area contributed by atoms with Gasteiger partial charge in [-0.25, -0.2) is 9.18 Å². The second-order valence-corrected chi connectivity index (χ2v) is 3.61. The molecule has 0 heterocycles. The highest BCUT2D eigenvalue weighted by atomic mass is 19.1. The minimum Gasteiger partial charge on any atom is -0.464 e. The quantitative estimate of drug-likeness (QED) is 0.718. The molecule has 0 aliphatic heterocycles. The molecule has 1 atom stereocenters. The monoisotopic (exact) mass is 224 g/mol. The average molecular weight is 224 g/mol. The first-order valence-electron chi connectivity index (χ1n) is 5.58. The largest absolute Gasteiger partial charge is 0.464 e. The Morgan fingerprint density at radius 3 is 2.81 bits per heavy atom. The van der Waals surface area contributed by atoms with E-state index >= 15 is 0 Å². The van der Waals surface area contributed by atoms with E-state index in [-0.39, 0.29) is 6.61 Å². The van der Waals surface area contributed by atoms with Gasteiger partial charge < -0.3 is 4.74 Å². The summed E-state index contributed by atoms with van der Waals surface area (Å²) in [7, 11) is 0. The molecule has 0 aliphatic rings. The van der Waals surface area contributed by atoms with E-state index in [0.29, 0.717) is 5.56 Å². The summed E-state index contributed by atoms with van der Waals surface area (Å²) in [6.07, 6.45) is 0.222. The molecule has 0 aromatic heterocycles. The number of benzene rings is 1. The predicted octanol–water partition coefficient (Wildman–Crippen LogP) is 3.21. The fraction of sp³-hybridized carbons (Fsp3) is 0.462. The number of hydrogen-bond donors (Lipinski definition) is 0. The van der Waals surface area contributed by atoms with Crippen LogP contribution < -0.4 is 0 Å². The van der Waals surface area contributed by atoms with Crippen molar-refractivity contribution in [1.82, 2.24) is 0 Å². The van der Waals surface area contributed by atoms with Crippen molar-refractivity contribution in [2.75, 3.05) is 6.61 Å². The van der Waals surface area contributed by atoms with E-state index < -0.39 is 12.1 Å². The number of aryl methyl sites for hydroxylation is 1. The normalized spacial score (nSPS) is 12.2. The van der Waals surface area contributed by atoms with Gasteiger partial charge in [0.1, 0.15) is 0 Å². The van der Waals surface area contributed by atoms with Crippen molar-refractivity contribution in [3.63, 3.8) is 0 Å². The number of esters is 1. The molecule has 0 amide bonds. The van der Waals surface area contributed by atoms with Gasteiger partial charge in [0.15, 0.2) is 0 Å². The summed E-state index contributed by atoms with van der Waals surface area (Å²) in [5.41, 5.74) is 1.43. The third-order valence-corrected chi connectivity index (χ3v) is 2.28. The summed E-state index contributed by atoms with van der Waals surface area (Å²) in [5, 5.41) is 0. The highest BCUT2D eigenvalue weighted by Gasteiger charge is 2.20. The molecule has 0 bridgehead atoms. The minimum atomic E-state index is -1.67. The summed E-state index contributed by atoms with van der Waals surface area (Å²) in [4.78, 5) is 11.2. The van der Waals surface area contributed by atoms with E-state index in [1.807, 2.05) is 6.07 Å². The molecule has 3 heteroatoms. The second-order valence-electron chi connectivity index (χ2n) is 3.61. The van der Waals surface area contributed by atoms with Gasteiger partial charge in [-0.2, -0.15) is 0 Å². The first kappa shape index (κ1) is 12.7. The summed E-state index contributed by atoms with van der Waals surface area (Å²) in [6.45, 7) is 3.93. The molecule has 88 valence electrons. The van der Waals surface area contributed by atoms with Gasteiger partial charge in [0.2, 0.25) is 6.17 Å². The summed E-state index contributed by atoms with van der Waals surface area (Å²) < 4.78 is 18.3. The Kier molecular flexibility index (Phi) is 4.96. The van der Waals surface area contributed by atoms with Crippen LogP contribution in [0.4, 0.5) is 4.39 Å². The second kappa shape index (κ2) is 6.26. The zero-order chi connectivity index (χ0) is 12.0. The highest BCUT2D eigenvalue weighted by Crippen LogP contribution is 2.20. The minimum absolute atomic E-state index is 0.202. The van der Waals surface area contributed by atoms with E-state index in [1.54, 1.807) is 25.1 Å². The molecule has 16 heavy (non-hydrogen) atoms. The van der Waals surface area contributed by atoms with Gasteiger partial charge in [0, 0.05) is 0 Å². The Balaban J connectivity index is 2.78. The SMILES string of the molecule is CCCc1cccc(C(F)C(=O)OCC)c1. The van der Waals surface area contributed by atoms with Crippen molar-refractivity contribution in [1.29, 1.82) is 0 Å². The van der Waals surface area contributed by atoms with Gasteiger partial charge in [-0.15, -0.1) is 0 Å². The molecule has 0 radical (unpaired) electrons. The number of carbonyl (C=O) groups excluding carboxylic acids is 1. The van der Waals surface area contributed by atoms with Crippen molar-refractivity contribution in [2.45, 2.75) is 32.9 Å². The highest BCUT2D eigenvalue weighted by molar-refractivity contribution is 5.76. The van der Waals surface area contributed by atoms with E-state index in [1.165, 1.54) is 0 Å². The molecule has 2 nitrogen and oxygen atoms in total. The number of halogens is 1. The maximum absolute atomic E-state index is 13.7. The van der Waals surface area contributed by atoms with E-state index in [0.717, 1.165) is 18.4 Å². The summed E-state index contributed by atoms with van der Waals surface area (Å²) >= 11 is 0. The summed E-state index contributed by atoms with van der Waals surface area (Å²) in [5.74, 6) is -0.809. The van der Waals surface area contributed by atoms with Crippen LogP contribution in [-0.4, -0.2) is 12.6 Å². The van der Waals surface area contributed by atoms with Crippen LogP contribution in [0.2, 0.25) is 0 Å². The summed E-state index contributed by atoms with van der Waals surface area (Å²) in [6, 6.07) is 7.04. The van der Waals surface area contributed by atoms with Crippen molar-refractivity contribution in [2.24, 2.45) is 0 Å². The third kappa shape index (κ3) is 3.33. The number of ether oxygens (including phenoxy) is 1. The number of carbonyl (C=O) groups is 1. The van der Waals surface area contributed by atoms with Gasteiger partial charge in [-0.05, 0) is 24.5 Å². The average Bonchev–Trinajstić information content (AvgIpc) is 2.29. The van der Waals surface area contributed by atoms with Gasteiger partial charge in [-0.3, -0.25) is 0 Å². The molecule has 1 unspecified atom stereocenters. The van der Waals surface area contributed by atoms with Crippen LogP contribution in [-0.2, 0) is 16.0 Å². The van der Waals surface area contributed by atoms with Crippen molar-refractivity contribution in [3.05, 3.63) is 35.4 Å². The smallest absolute Gasteiger partial charge is 0.345 e. The Morgan fingerprint density at radius 1 is 1.44 bits per heavy atom. The van der Waals surface area contributed by atoms with Gasteiger partial charge in [0.05, 0.1) is 6.61 Å². The van der Waals surface area contributed by atoms with Crippen LogP contribution in [0.3, 0.4) is 0 Å². The molecule has 0 fully saturated rings. The lowest BCUT2D eigenvalue weighted by molar-refractivity contribution is -0.149. The molecule has 1 aromatic rings. The topological polar surface area (TPSA) is 26.3 Å². The van der Waals surface area contributed by atoms with Gasteiger partial charge in [-0.1, -0.05) is 37.6 Å². The van der Waals surface area contributed by atoms with Crippen LogP contribution in [0.15, 0.2) is 24.3 Å². The van der Waals surface area contributed by atoms with Crippen molar-refractivity contribution < 1.29 is 13.9 Å². The van der Waals surface area contributed by atoms with Crippen molar-refractivity contribution in [3.8, 4) is 0 Å². The Labute approximate surface area is 95.4 Å². The first-order chi connectivity index (χ1) is 7.69. The molecular formula is C13H17FO2. The van der Waals surface area contributed by atoms with Crippen LogP contribution in [0.1, 0.15) is 37.6 Å². The molecular weight excluding hydrogens is 207 g/mol. The van der Waals surface area contributed by atoms with Gasteiger partial charge >= 0.3 is 5.97 Å². The fourth-order valence-electron chi connectivity index (χ4n) is 1.55. The Hall–Kier alpha value is -1.38. The lowest BCUT2D eigenvalue weighted by Gasteiger charge is -2.09. The maximum atomic E-state index is 13.7. The third-order valence-electron chi connectivity index (χ3n) is 2.28. The Bertz CT molecular complexity index is 350. The zero-order valence-electron chi connectivity index (χ0n) is 9.70. The standard InChI is InChI=1S/C13H17FO2/c1-3-6-10-7-5-8-11(9-10)12(14)13(15)16-4-2/h5,7-9,12H,3-4,6H2,1-2H3. The van der Waals surface area contributed by atoms with Crippen LogP contribution in [0.25, 0.3) is 0 Å². The molecule has 1 aromatic carbocycles. The lowest BCUT2D eigenvalue weighted by Crippen LogP contribution is -2.12. The molecule has 0 saturated carbocycles. The molecule has 1 rings (SSSR count). The van der Waals surface area contributed by atoms with E-state index in [2.05, 4.69) is 11.7 Å². The van der Waals surface area contributed by atoms with Gasteiger partial charge in [0.25, 0.3) is 0 Å². The number of hydrogen-bond acceptors (Lipinski definition) is 2. The predicted molar refractivity (Wildman–Crippen MR) is 60.9 cm³/mol. The molecule has 0 aliphatic carbocycles. The number of alkyl halides is 1. The Morgan fingerprint density at radius 2 is 2.19 bits per heavy atom. The molecule has 0 saturated heterocycles.